The number of rotatable bonds is 8. The third-order valence-corrected chi connectivity index (χ3v) is 7.61. The number of carbonyl (C=O) groups excluding carboxylic acids is 1. The lowest BCUT2D eigenvalue weighted by Crippen LogP contribution is -2.44. The Morgan fingerprint density at radius 1 is 1.12 bits per heavy atom. The number of fused-ring (bicyclic) bond motifs is 1. The van der Waals surface area contributed by atoms with Crippen LogP contribution < -0.4 is 20.3 Å². The van der Waals surface area contributed by atoms with Crippen molar-refractivity contribution in [2.24, 2.45) is 0 Å². The van der Waals surface area contributed by atoms with Crippen molar-refractivity contribution < 1.29 is 13.2 Å². The molecule has 3 N–H and O–H groups in total. The van der Waals surface area contributed by atoms with E-state index in [1.54, 1.807) is 18.2 Å². The molecule has 2 heterocycles. The monoisotopic (exact) mass is 471 g/mol. The van der Waals surface area contributed by atoms with Gasteiger partial charge in [0.05, 0.1) is 22.3 Å². The fourth-order valence-electron chi connectivity index (χ4n) is 4.37. The third-order valence-electron chi connectivity index (χ3n) is 6.23. The largest absolute Gasteiger partial charge is 0.353 e. The van der Waals surface area contributed by atoms with Crippen LogP contribution in [0.25, 0.3) is 0 Å². The molecule has 178 valence electrons. The van der Waals surface area contributed by atoms with Crippen LogP contribution in [0, 0.1) is 0 Å². The van der Waals surface area contributed by atoms with E-state index < -0.39 is 10.0 Å². The van der Waals surface area contributed by atoms with Gasteiger partial charge in [-0.15, -0.1) is 0 Å². The maximum absolute atomic E-state index is 13.1. The van der Waals surface area contributed by atoms with Crippen LogP contribution in [0.3, 0.4) is 0 Å². The second-order valence-corrected chi connectivity index (χ2v) is 10.4. The van der Waals surface area contributed by atoms with Gasteiger partial charge in [0, 0.05) is 32.7 Å². The molecule has 1 aliphatic carbocycles. The van der Waals surface area contributed by atoms with Gasteiger partial charge in [0.1, 0.15) is 5.82 Å². The molecule has 33 heavy (non-hydrogen) atoms. The standard InChI is InChI=1S/C24H33N5O3S/c1-2-3-10-26-24(30)22-16-20(17-27-23(22)29-13-11-25-12-14-29)28-33(31,32)21-9-8-18-6-4-5-7-19(18)15-21/h8-9,15-17,25,28H,2-7,10-14H2,1H3,(H,26,30). The molecule has 0 unspecified atom stereocenters. The Bertz CT molecular complexity index is 1100. The molecular formula is C24H33N5O3S. The second-order valence-electron chi connectivity index (χ2n) is 8.68. The summed E-state index contributed by atoms with van der Waals surface area (Å²) >= 11 is 0. The number of anilines is 2. The van der Waals surface area contributed by atoms with Crippen LogP contribution in [0.1, 0.15) is 54.1 Å². The Labute approximate surface area is 196 Å². The van der Waals surface area contributed by atoms with Crippen LogP contribution in [0.5, 0.6) is 0 Å². The maximum atomic E-state index is 13.1. The highest BCUT2D eigenvalue weighted by atomic mass is 32.2. The van der Waals surface area contributed by atoms with E-state index in [2.05, 4.69) is 32.2 Å². The van der Waals surface area contributed by atoms with E-state index >= 15 is 0 Å². The number of aryl methyl sites for hydroxylation is 2. The van der Waals surface area contributed by atoms with Crippen molar-refractivity contribution in [1.82, 2.24) is 15.6 Å². The zero-order chi connectivity index (χ0) is 23.3. The van der Waals surface area contributed by atoms with Crippen molar-refractivity contribution in [3.8, 4) is 0 Å². The topological polar surface area (TPSA) is 103 Å². The van der Waals surface area contributed by atoms with Crippen LogP contribution in [-0.4, -0.2) is 52.0 Å². The number of amides is 1. The van der Waals surface area contributed by atoms with Crippen LogP contribution >= 0.6 is 0 Å². The van der Waals surface area contributed by atoms with E-state index in [4.69, 9.17) is 0 Å². The van der Waals surface area contributed by atoms with Gasteiger partial charge in [0.25, 0.3) is 15.9 Å². The molecular weight excluding hydrogens is 438 g/mol. The minimum absolute atomic E-state index is 0.237. The quantitative estimate of drug-likeness (QED) is 0.512. The maximum Gasteiger partial charge on any atom is 0.261 e. The molecule has 1 aliphatic heterocycles. The zero-order valence-corrected chi connectivity index (χ0v) is 20.0. The number of piperazine rings is 1. The number of nitrogens with zero attached hydrogens (tertiary/aromatic N) is 2. The zero-order valence-electron chi connectivity index (χ0n) is 19.2. The van der Waals surface area contributed by atoms with Crippen molar-refractivity contribution >= 4 is 27.4 Å². The number of aromatic nitrogens is 1. The van der Waals surface area contributed by atoms with Crippen LogP contribution in [0.15, 0.2) is 35.4 Å². The molecule has 2 aliphatic rings. The summed E-state index contributed by atoms with van der Waals surface area (Å²) in [4.78, 5) is 19.8. The van der Waals surface area contributed by atoms with Crippen molar-refractivity contribution in [1.29, 1.82) is 0 Å². The summed E-state index contributed by atoms with van der Waals surface area (Å²) in [6.07, 6.45) is 7.48. The van der Waals surface area contributed by atoms with Gasteiger partial charge < -0.3 is 15.5 Å². The van der Waals surface area contributed by atoms with E-state index in [1.807, 2.05) is 6.07 Å². The first-order valence-electron chi connectivity index (χ1n) is 11.9. The van der Waals surface area contributed by atoms with Gasteiger partial charge in [-0.25, -0.2) is 13.4 Å². The Hall–Kier alpha value is -2.65. The van der Waals surface area contributed by atoms with Crippen molar-refractivity contribution in [3.05, 3.63) is 47.2 Å². The highest BCUT2D eigenvalue weighted by Gasteiger charge is 2.23. The van der Waals surface area contributed by atoms with E-state index in [0.717, 1.165) is 70.3 Å². The molecule has 1 aromatic heterocycles. The molecule has 0 atom stereocenters. The summed E-state index contributed by atoms with van der Waals surface area (Å²) in [5.41, 5.74) is 3.01. The molecule has 0 bridgehead atoms. The average molecular weight is 472 g/mol. The SMILES string of the molecule is CCCCNC(=O)c1cc(NS(=O)(=O)c2ccc3c(c2)CCCC3)cnc1N1CCNCC1. The van der Waals surface area contributed by atoms with Crippen molar-refractivity contribution in [2.45, 2.75) is 50.3 Å². The van der Waals surface area contributed by atoms with Crippen LogP contribution in [0.4, 0.5) is 11.5 Å². The molecule has 2 aromatic rings. The van der Waals surface area contributed by atoms with Crippen LogP contribution in [-0.2, 0) is 22.9 Å². The average Bonchev–Trinajstić information content (AvgIpc) is 2.84. The number of sulfonamides is 1. The third kappa shape index (κ3) is 5.65. The summed E-state index contributed by atoms with van der Waals surface area (Å²) in [5, 5.41) is 6.23. The highest BCUT2D eigenvalue weighted by molar-refractivity contribution is 7.92. The lowest BCUT2D eigenvalue weighted by Gasteiger charge is -2.30. The van der Waals surface area contributed by atoms with Gasteiger partial charge in [-0.2, -0.15) is 0 Å². The predicted octanol–water partition coefficient (Wildman–Crippen LogP) is 2.70. The molecule has 0 radical (unpaired) electrons. The summed E-state index contributed by atoms with van der Waals surface area (Å²) in [6, 6.07) is 6.95. The molecule has 0 saturated carbocycles. The number of unbranched alkanes of at least 4 members (excludes halogenated alkanes) is 1. The second kappa shape index (κ2) is 10.5. The molecule has 8 nitrogen and oxygen atoms in total. The van der Waals surface area contributed by atoms with Gasteiger partial charge in [-0.1, -0.05) is 19.4 Å². The normalized spacial score (nSPS) is 16.2. The number of nitrogens with one attached hydrogen (secondary N) is 3. The first-order chi connectivity index (χ1) is 16.0. The van der Waals surface area contributed by atoms with Gasteiger partial charge in [-0.3, -0.25) is 9.52 Å². The van der Waals surface area contributed by atoms with Crippen molar-refractivity contribution in [3.63, 3.8) is 0 Å². The van der Waals surface area contributed by atoms with Gasteiger partial charge >= 0.3 is 0 Å². The number of pyridine rings is 1. The molecule has 9 heteroatoms. The first kappa shape index (κ1) is 23.5. The van der Waals surface area contributed by atoms with E-state index in [1.165, 1.54) is 11.8 Å². The van der Waals surface area contributed by atoms with Crippen molar-refractivity contribution in [2.75, 3.05) is 42.3 Å². The molecule has 1 saturated heterocycles. The summed E-state index contributed by atoms with van der Waals surface area (Å²) in [7, 11) is -3.79. The van der Waals surface area contributed by atoms with Gasteiger partial charge in [0.2, 0.25) is 0 Å². The molecule has 1 fully saturated rings. The Morgan fingerprint density at radius 3 is 2.64 bits per heavy atom. The van der Waals surface area contributed by atoms with E-state index in [-0.39, 0.29) is 16.5 Å². The smallest absolute Gasteiger partial charge is 0.261 e. The summed E-state index contributed by atoms with van der Waals surface area (Å²) < 4.78 is 28.8. The Kier molecular flexibility index (Phi) is 7.49. The fraction of sp³-hybridized carbons (Fsp3) is 0.500. The number of benzene rings is 1. The van der Waals surface area contributed by atoms with Crippen LogP contribution in [0.2, 0.25) is 0 Å². The van der Waals surface area contributed by atoms with Gasteiger partial charge in [-0.05, 0) is 61.4 Å². The molecule has 1 aromatic carbocycles. The summed E-state index contributed by atoms with van der Waals surface area (Å²) in [6.45, 7) is 5.73. The minimum Gasteiger partial charge on any atom is -0.353 e. The first-order valence-corrected chi connectivity index (χ1v) is 13.3. The van der Waals surface area contributed by atoms with E-state index in [9.17, 15) is 13.2 Å². The van der Waals surface area contributed by atoms with Gasteiger partial charge in [0.15, 0.2) is 0 Å². The number of hydrogen-bond donors (Lipinski definition) is 3. The summed E-state index contributed by atoms with van der Waals surface area (Å²) in [5.74, 6) is 0.349. The minimum atomic E-state index is -3.79. The molecule has 4 rings (SSSR count). The lowest BCUT2D eigenvalue weighted by molar-refractivity contribution is 0.0953. The number of hydrogen-bond acceptors (Lipinski definition) is 6. The predicted molar refractivity (Wildman–Crippen MR) is 130 cm³/mol. The molecule has 1 amide bonds. The Morgan fingerprint density at radius 2 is 1.88 bits per heavy atom. The van der Waals surface area contributed by atoms with E-state index in [0.29, 0.717) is 17.9 Å². The lowest BCUT2D eigenvalue weighted by atomic mass is 9.92. The Balaban J connectivity index is 1.60. The highest BCUT2D eigenvalue weighted by Crippen LogP contribution is 2.27. The fourth-order valence-corrected chi connectivity index (χ4v) is 5.46. The molecule has 0 spiro atoms. The number of carbonyl (C=O) groups is 1.